The average molecular weight is 211 g/mol. The van der Waals surface area contributed by atoms with Crippen LogP contribution in [0.1, 0.15) is 31.0 Å². The van der Waals surface area contributed by atoms with Crippen LogP contribution in [0.25, 0.3) is 0 Å². The molecule has 1 unspecified atom stereocenters. The summed E-state index contributed by atoms with van der Waals surface area (Å²) in [6, 6.07) is 4.33. The molecule has 0 aromatic carbocycles. The maximum Gasteiger partial charge on any atom is 0.0589 e. The molecule has 0 bridgehead atoms. The van der Waals surface area contributed by atoms with E-state index < -0.39 is 0 Å². The van der Waals surface area contributed by atoms with E-state index in [0.717, 1.165) is 11.6 Å². The molecule has 76 valence electrons. The average Bonchev–Trinajstić information content (AvgIpc) is 2.13. The van der Waals surface area contributed by atoms with Gasteiger partial charge >= 0.3 is 0 Å². The SMILES string of the molecule is CNC(c1ccc(Cl)cn1)C1CCC1. The Morgan fingerprint density at radius 1 is 1.50 bits per heavy atom. The van der Waals surface area contributed by atoms with Gasteiger partial charge in [-0.15, -0.1) is 0 Å². The fourth-order valence-electron chi connectivity index (χ4n) is 1.97. The minimum absolute atomic E-state index is 0.404. The number of halogens is 1. The third kappa shape index (κ3) is 1.91. The summed E-state index contributed by atoms with van der Waals surface area (Å²) in [6.45, 7) is 0. The van der Waals surface area contributed by atoms with Gasteiger partial charge in [0.05, 0.1) is 16.8 Å². The van der Waals surface area contributed by atoms with E-state index in [1.807, 2.05) is 19.2 Å². The molecule has 0 aliphatic heterocycles. The highest BCUT2D eigenvalue weighted by atomic mass is 35.5. The van der Waals surface area contributed by atoms with Crippen molar-refractivity contribution in [3.05, 3.63) is 29.0 Å². The van der Waals surface area contributed by atoms with E-state index in [-0.39, 0.29) is 0 Å². The first kappa shape index (κ1) is 9.94. The zero-order chi connectivity index (χ0) is 9.97. The molecule has 2 nitrogen and oxygen atoms in total. The van der Waals surface area contributed by atoms with Crippen molar-refractivity contribution in [1.82, 2.24) is 10.3 Å². The second kappa shape index (κ2) is 4.28. The van der Waals surface area contributed by atoms with Crippen LogP contribution in [-0.4, -0.2) is 12.0 Å². The molecular weight excluding hydrogens is 196 g/mol. The lowest BCUT2D eigenvalue weighted by atomic mass is 9.78. The zero-order valence-electron chi connectivity index (χ0n) is 8.33. The largest absolute Gasteiger partial charge is 0.311 e. The summed E-state index contributed by atoms with van der Waals surface area (Å²) < 4.78 is 0. The van der Waals surface area contributed by atoms with Gasteiger partial charge in [-0.1, -0.05) is 18.0 Å². The Kier molecular flexibility index (Phi) is 3.04. The second-order valence-corrected chi connectivity index (χ2v) is 4.30. The van der Waals surface area contributed by atoms with Gasteiger partial charge in [-0.05, 0) is 37.9 Å². The molecule has 1 aromatic heterocycles. The summed E-state index contributed by atoms with van der Waals surface area (Å²) in [5.41, 5.74) is 1.11. The second-order valence-electron chi connectivity index (χ2n) is 3.86. The van der Waals surface area contributed by atoms with E-state index in [1.165, 1.54) is 19.3 Å². The van der Waals surface area contributed by atoms with Crippen LogP contribution in [0.15, 0.2) is 18.3 Å². The van der Waals surface area contributed by atoms with Gasteiger partial charge in [0.2, 0.25) is 0 Å². The third-order valence-electron chi connectivity index (χ3n) is 3.00. The molecule has 0 amide bonds. The Morgan fingerprint density at radius 2 is 2.29 bits per heavy atom. The molecule has 1 fully saturated rings. The minimum atomic E-state index is 0.404. The minimum Gasteiger partial charge on any atom is -0.311 e. The van der Waals surface area contributed by atoms with Crippen molar-refractivity contribution in [1.29, 1.82) is 0 Å². The first-order chi connectivity index (χ1) is 6.81. The Bertz CT molecular complexity index is 293. The first-order valence-electron chi connectivity index (χ1n) is 5.10. The van der Waals surface area contributed by atoms with Crippen molar-refractivity contribution in [2.24, 2.45) is 5.92 Å². The molecule has 0 radical (unpaired) electrons. The van der Waals surface area contributed by atoms with Crippen molar-refractivity contribution in [2.45, 2.75) is 25.3 Å². The first-order valence-corrected chi connectivity index (χ1v) is 5.48. The molecule has 14 heavy (non-hydrogen) atoms. The monoisotopic (exact) mass is 210 g/mol. The van der Waals surface area contributed by atoms with Crippen molar-refractivity contribution in [3.8, 4) is 0 Å². The van der Waals surface area contributed by atoms with Gasteiger partial charge in [0.1, 0.15) is 0 Å². The fraction of sp³-hybridized carbons (Fsp3) is 0.545. The van der Waals surface area contributed by atoms with Crippen molar-refractivity contribution < 1.29 is 0 Å². The molecule has 1 atom stereocenters. The highest BCUT2D eigenvalue weighted by Gasteiger charge is 2.27. The van der Waals surface area contributed by atoms with E-state index in [2.05, 4.69) is 10.3 Å². The zero-order valence-corrected chi connectivity index (χ0v) is 9.09. The highest BCUT2D eigenvalue weighted by Crippen LogP contribution is 2.36. The van der Waals surface area contributed by atoms with Gasteiger partial charge in [0.15, 0.2) is 0 Å². The summed E-state index contributed by atoms with van der Waals surface area (Å²) in [5.74, 6) is 0.758. The van der Waals surface area contributed by atoms with Crippen molar-refractivity contribution in [3.63, 3.8) is 0 Å². The molecule has 1 aromatic rings. The molecule has 2 rings (SSSR count). The topological polar surface area (TPSA) is 24.9 Å². The standard InChI is InChI=1S/C11H15ClN2/c1-13-11(8-3-2-4-8)10-6-5-9(12)7-14-10/h5-8,11,13H,2-4H2,1H3. The maximum absolute atomic E-state index is 5.80. The van der Waals surface area contributed by atoms with Crippen molar-refractivity contribution in [2.75, 3.05) is 7.05 Å². The van der Waals surface area contributed by atoms with E-state index in [4.69, 9.17) is 11.6 Å². The predicted octanol–water partition coefficient (Wildman–Crippen LogP) is 2.80. The van der Waals surface area contributed by atoms with E-state index in [9.17, 15) is 0 Å². The van der Waals surface area contributed by atoms with Gasteiger partial charge in [0.25, 0.3) is 0 Å². The van der Waals surface area contributed by atoms with Crippen LogP contribution >= 0.6 is 11.6 Å². The molecule has 3 heteroatoms. The fourth-order valence-corrected chi connectivity index (χ4v) is 2.08. The van der Waals surface area contributed by atoms with Crippen LogP contribution in [0.3, 0.4) is 0 Å². The predicted molar refractivity (Wildman–Crippen MR) is 58.4 cm³/mol. The van der Waals surface area contributed by atoms with Crippen molar-refractivity contribution >= 4 is 11.6 Å². The van der Waals surface area contributed by atoms with Gasteiger partial charge in [-0.2, -0.15) is 0 Å². The highest BCUT2D eigenvalue weighted by molar-refractivity contribution is 6.30. The molecule has 1 heterocycles. The molecule has 1 saturated carbocycles. The summed E-state index contributed by atoms with van der Waals surface area (Å²) in [7, 11) is 2.00. The van der Waals surface area contributed by atoms with E-state index >= 15 is 0 Å². The van der Waals surface area contributed by atoms with Gasteiger partial charge in [-0.25, -0.2) is 0 Å². The lowest BCUT2D eigenvalue weighted by Crippen LogP contribution is -2.30. The van der Waals surface area contributed by atoms with Crippen LogP contribution in [-0.2, 0) is 0 Å². The number of nitrogens with one attached hydrogen (secondary N) is 1. The molecule has 1 aliphatic rings. The molecule has 1 aliphatic carbocycles. The number of rotatable bonds is 3. The van der Waals surface area contributed by atoms with Gasteiger partial charge < -0.3 is 5.32 Å². The summed E-state index contributed by atoms with van der Waals surface area (Å²) >= 11 is 5.80. The van der Waals surface area contributed by atoms with Crippen LogP contribution in [0.5, 0.6) is 0 Å². The lowest BCUT2D eigenvalue weighted by Gasteiger charge is -2.33. The van der Waals surface area contributed by atoms with E-state index in [0.29, 0.717) is 11.1 Å². The summed E-state index contributed by atoms with van der Waals surface area (Å²) in [6.07, 6.45) is 5.71. The quantitative estimate of drug-likeness (QED) is 0.830. The van der Waals surface area contributed by atoms with Crippen LogP contribution in [0.4, 0.5) is 0 Å². The Labute approximate surface area is 89.7 Å². The Morgan fingerprint density at radius 3 is 2.71 bits per heavy atom. The van der Waals surface area contributed by atoms with Crippen LogP contribution in [0, 0.1) is 5.92 Å². The molecular formula is C11H15ClN2. The third-order valence-corrected chi connectivity index (χ3v) is 3.22. The molecule has 0 saturated heterocycles. The van der Waals surface area contributed by atoms with E-state index in [1.54, 1.807) is 6.20 Å². The normalized spacial score (nSPS) is 19.0. The molecule has 1 N–H and O–H groups in total. The van der Waals surface area contributed by atoms with Gasteiger partial charge in [-0.3, -0.25) is 4.98 Å². The number of hydrogen-bond donors (Lipinski definition) is 1. The van der Waals surface area contributed by atoms with Gasteiger partial charge in [0, 0.05) is 6.20 Å². The van der Waals surface area contributed by atoms with Crippen LogP contribution in [0.2, 0.25) is 5.02 Å². The Hall–Kier alpha value is -0.600. The summed E-state index contributed by atoms with van der Waals surface area (Å²) in [5, 5.41) is 4.04. The smallest absolute Gasteiger partial charge is 0.0589 e. The number of pyridine rings is 1. The maximum atomic E-state index is 5.80. The lowest BCUT2D eigenvalue weighted by molar-refractivity contribution is 0.236. The Balaban J connectivity index is 2.14. The number of aromatic nitrogens is 1. The van der Waals surface area contributed by atoms with Crippen LogP contribution < -0.4 is 5.32 Å². The number of nitrogens with zero attached hydrogens (tertiary/aromatic N) is 1. The summed E-state index contributed by atoms with van der Waals surface area (Å²) in [4.78, 5) is 4.36. The molecule has 0 spiro atoms. The number of hydrogen-bond acceptors (Lipinski definition) is 2.